The smallest absolute Gasteiger partial charge is 0.0611 e. The molecule has 3 nitrogen and oxygen atoms in total. The van der Waals surface area contributed by atoms with Crippen LogP contribution in [-0.2, 0) is 11.2 Å². The Labute approximate surface area is 113 Å². The Hall–Kier alpha value is -0.420. The third-order valence-electron chi connectivity index (χ3n) is 2.01. The highest BCUT2D eigenvalue weighted by atomic mass is 79.9. The van der Waals surface area contributed by atoms with Gasteiger partial charge in [0.1, 0.15) is 0 Å². The number of nitrogens with two attached hydrogens (primary N) is 1. The maximum atomic E-state index is 5.28. The molecule has 0 fully saturated rings. The molecular formula is C13H23BrN2O. The number of likely N-dealkylation sites (N-methyl/N-ethyl adjacent to an activating group) is 1. The summed E-state index contributed by atoms with van der Waals surface area (Å²) in [6.45, 7) is 3.60. The third-order valence-corrected chi connectivity index (χ3v) is 2.54. The SMILES string of the molecule is CNCCc1ccc(Br)cc1.COCC(C)N. The average molecular weight is 303 g/mol. The molecule has 0 aliphatic heterocycles. The number of hydrogen-bond donors (Lipinski definition) is 2. The maximum Gasteiger partial charge on any atom is 0.0611 e. The van der Waals surface area contributed by atoms with Crippen molar-refractivity contribution in [2.75, 3.05) is 27.3 Å². The number of benzene rings is 1. The Bertz CT molecular complexity index is 275. The summed E-state index contributed by atoms with van der Waals surface area (Å²) in [6.07, 6.45) is 1.10. The normalized spacial score (nSPS) is 11.6. The molecule has 4 heteroatoms. The molecule has 1 aromatic rings. The molecule has 1 rings (SSSR count). The molecule has 3 N–H and O–H groups in total. The fraction of sp³-hybridized carbons (Fsp3) is 0.538. The molecule has 0 aliphatic carbocycles. The maximum absolute atomic E-state index is 5.28. The molecule has 1 aromatic carbocycles. The van der Waals surface area contributed by atoms with E-state index in [0.29, 0.717) is 6.61 Å². The number of nitrogens with one attached hydrogen (secondary N) is 1. The second-order valence-electron chi connectivity index (χ2n) is 3.91. The predicted octanol–water partition coefficient (Wildman–Crippen LogP) is 2.19. The van der Waals surface area contributed by atoms with E-state index in [1.54, 1.807) is 7.11 Å². The van der Waals surface area contributed by atoms with Gasteiger partial charge in [-0.3, -0.25) is 0 Å². The van der Waals surface area contributed by atoms with Crippen LogP contribution in [0.5, 0.6) is 0 Å². The molecule has 0 saturated carbocycles. The van der Waals surface area contributed by atoms with Gasteiger partial charge in [-0.2, -0.15) is 0 Å². The first kappa shape index (κ1) is 16.6. The molecule has 0 saturated heterocycles. The average Bonchev–Trinajstić information content (AvgIpc) is 2.29. The van der Waals surface area contributed by atoms with Crippen LogP contribution in [0.3, 0.4) is 0 Å². The van der Waals surface area contributed by atoms with Crippen LogP contribution < -0.4 is 11.1 Å². The van der Waals surface area contributed by atoms with Gasteiger partial charge in [-0.25, -0.2) is 0 Å². The van der Waals surface area contributed by atoms with Crippen molar-refractivity contribution in [3.8, 4) is 0 Å². The lowest BCUT2D eigenvalue weighted by Crippen LogP contribution is -2.20. The first-order valence-corrected chi connectivity index (χ1v) is 6.53. The summed E-state index contributed by atoms with van der Waals surface area (Å²) in [7, 11) is 3.61. The van der Waals surface area contributed by atoms with Crippen LogP contribution >= 0.6 is 15.9 Å². The summed E-state index contributed by atoms with van der Waals surface area (Å²) < 4.78 is 5.82. The molecule has 17 heavy (non-hydrogen) atoms. The van der Waals surface area contributed by atoms with E-state index in [-0.39, 0.29) is 6.04 Å². The second kappa shape index (κ2) is 10.7. The quantitative estimate of drug-likeness (QED) is 0.876. The fourth-order valence-corrected chi connectivity index (χ4v) is 1.45. The molecular weight excluding hydrogens is 280 g/mol. The molecule has 0 radical (unpaired) electrons. The lowest BCUT2D eigenvalue weighted by atomic mass is 10.1. The minimum atomic E-state index is 0.176. The summed E-state index contributed by atoms with van der Waals surface area (Å²) in [4.78, 5) is 0. The first-order valence-electron chi connectivity index (χ1n) is 5.73. The summed E-state index contributed by atoms with van der Waals surface area (Å²) in [5.41, 5.74) is 6.66. The van der Waals surface area contributed by atoms with Crippen molar-refractivity contribution in [2.45, 2.75) is 19.4 Å². The third kappa shape index (κ3) is 10.5. The van der Waals surface area contributed by atoms with E-state index in [0.717, 1.165) is 17.4 Å². The van der Waals surface area contributed by atoms with Crippen molar-refractivity contribution in [3.63, 3.8) is 0 Å². The molecule has 98 valence electrons. The fourth-order valence-electron chi connectivity index (χ4n) is 1.18. The largest absolute Gasteiger partial charge is 0.383 e. The van der Waals surface area contributed by atoms with Crippen LogP contribution in [-0.4, -0.2) is 33.4 Å². The van der Waals surface area contributed by atoms with E-state index in [1.165, 1.54) is 5.56 Å². The second-order valence-corrected chi connectivity index (χ2v) is 4.83. The molecule has 0 amide bonds. The van der Waals surface area contributed by atoms with Gasteiger partial charge in [0.25, 0.3) is 0 Å². The molecule has 1 unspecified atom stereocenters. The van der Waals surface area contributed by atoms with Crippen molar-refractivity contribution >= 4 is 15.9 Å². The van der Waals surface area contributed by atoms with Gasteiger partial charge in [0.2, 0.25) is 0 Å². The summed E-state index contributed by atoms with van der Waals surface area (Å²) in [6, 6.07) is 8.61. The van der Waals surface area contributed by atoms with Crippen molar-refractivity contribution in [1.29, 1.82) is 0 Å². The first-order chi connectivity index (χ1) is 8.10. The lowest BCUT2D eigenvalue weighted by molar-refractivity contribution is 0.185. The van der Waals surface area contributed by atoms with E-state index in [4.69, 9.17) is 5.73 Å². The van der Waals surface area contributed by atoms with Gasteiger partial charge >= 0.3 is 0 Å². The minimum absolute atomic E-state index is 0.176. The van der Waals surface area contributed by atoms with Gasteiger partial charge < -0.3 is 15.8 Å². The molecule has 1 atom stereocenters. The van der Waals surface area contributed by atoms with Crippen LogP contribution in [0.15, 0.2) is 28.7 Å². The molecule has 0 aliphatic rings. The van der Waals surface area contributed by atoms with Crippen molar-refractivity contribution in [1.82, 2.24) is 5.32 Å². The number of hydrogen-bond acceptors (Lipinski definition) is 3. The number of methoxy groups -OCH3 is 1. The van der Waals surface area contributed by atoms with E-state index in [9.17, 15) is 0 Å². The van der Waals surface area contributed by atoms with Crippen molar-refractivity contribution in [3.05, 3.63) is 34.3 Å². The molecule has 0 heterocycles. The highest BCUT2D eigenvalue weighted by Crippen LogP contribution is 2.10. The minimum Gasteiger partial charge on any atom is -0.383 e. The highest BCUT2D eigenvalue weighted by Gasteiger charge is 1.90. The number of ether oxygens (including phenoxy) is 1. The van der Waals surface area contributed by atoms with Crippen molar-refractivity contribution in [2.24, 2.45) is 5.73 Å². The van der Waals surface area contributed by atoms with Crippen LogP contribution in [0.25, 0.3) is 0 Å². The van der Waals surface area contributed by atoms with Crippen molar-refractivity contribution < 1.29 is 4.74 Å². The Morgan fingerprint density at radius 3 is 2.29 bits per heavy atom. The number of halogens is 1. The predicted molar refractivity (Wildman–Crippen MR) is 77.3 cm³/mol. The van der Waals surface area contributed by atoms with E-state index in [1.807, 2.05) is 14.0 Å². The molecule has 0 aromatic heterocycles. The molecule has 0 bridgehead atoms. The van der Waals surface area contributed by atoms with E-state index < -0.39 is 0 Å². The Kier molecular flexibility index (Phi) is 10.5. The van der Waals surface area contributed by atoms with Crippen LogP contribution in [0, 0.1) is 0 Å². The van der Waals surface area contributed by atoms with Gasteiger partial charge in [0, 0.05) is 17.6 Å². The monoisotopic (exact) mass is 302 g/mol. The van der Waals surface area contributed by atoms with Crippen LogP contribution in [0.4, 0.5) is 0 Å². The van der Waals surface area contributed by atoms with Crippen LogP contribution in [0.2, 0.25) is 0 Å². The molecule has 0 spiro atoms. The lowest BCUT2D eigenvalue weighted by Gasteiger charge is -1.99. The van der Waals surface area contributed by atoms with Crippen LogP contribution in [0.1, 0.15) is 12.5 Å². The zero-order chi connectivity index (χ0) is 13.1. The summed E-state index contributed by atoms with van der Waals surface area (Å²) >= 11 is 3.40. The van der Waals surface area contributed by atoms with E-state index >= 15 is 0 Å². The van der Waals surface area contributed by atoms with Gasteiger partial charge in [0.05, 0.1) is 6.61 Å². The van der Waals surface area contributed by atoms with Gasteiger partial charge in [-0.05, 0) is 44.6 Å². The summed E-state index contributed by atoms with van der Waals surface area (Å²) in [5, 5.41) is 3.12. The summed E-state index contributed by atoms with van der Waals surface area (Å²) in [5.74, 6) is 0. The van der Waals surface area contributed by atoms with Gasteiger partial charge in [0.15, 0.2) is 0 Å². The Balaban J connectivity index is 0.000000366. The van der Waals surface area contributed by atoms with Gasteiger partial charge in [-0.1, -0.05) is 28.1 Å². The standard InChI is InChI=1S/C9H12BrN.C4H11NO/c1-11-7-6-8-2-4-9(10)5-3-8;1-4(5)3-6-2/h2-5,11H,6-7H2,1H3;4H,3,5H2,1-2H3. The number of rotatable bonds is 5. The van der Waals surface area contributed by atoms with Gasteiger partial charge in [-0.15, -0.1) is 0 Å². The highest BCUT2D eigenvalue weighted by molar-refractivity contribution is 9.10. The Morgan fingerprint density at radius 2 is 1.94 bits per heavy atom. The Morgan fingerprint density at radius 1 is 1.35 bits per heavy atom. The zero-order valence-electron chi connectivity index (χ0n) is 10.9. The van der Waals surface area contributed by atoms with E-state index in [2.05, 4.69) is 50.2 Å². The topological polar surface area (TPSA) is 47.3 Å². The zero-order valence-corrected chi connectivity index (χ0v) is 12.5.